The molecule has 5 amide bonds. The molecular formula is C34H50N6O7S. The van der Waals surface area contributed by atoms with Gasteiger partial charge in [0.2, 0.25) is 17.7 Å². The maximum absolute atomic E-state index is 13.4. The zero-order chi connectivity index (χ0) is 35.1. The number of nitrogens with zero attached hydrogens (tertiary/aromatic N) is 2. The van der Waals surface area contributed by atoms with Crippen molar-refractivity contribution in [1.82, 2.24) is 31.2 Å². The molecule has 1 aromatic carbocycles. The molecule has 2 heterocycles. The second-order valence-corrected chi connectivity index (χ2v) is 13.4. The average molecular weight is 687 g/mol. The number of benzene rings is 1. The predicted molar refractivity (Wildman–Crippen MR) is 183 cm³/mol. The molecule has 264 valence electrons. The van der Waals surface area contributed by atoms with Crippen molar-refractivity contribution in [2.75, 3.05) is 32.8 Å². The summed E-state index contributed by atoms with van der Waals surface area (Å²) < 4.78 is 5.67. The highest BCUT2D eigenvalue weighted by Gasteiger charge is 2.30. The van der Waals surface area contributed by atoms with Gasteiger partial charge >= 0.3 is 0 Å². The zero-order valence-electron chi connectivity index (χ0n) is 28.4. The quantitative estimate of drug-likeness (QED) is 0.306. The summed E-state index contributed by atoms with van der Waals surface area (Å²) >= 11 is 1.46. The van der Waals surface area contributed by atoms with Gasteiger partial charge in [0.05, 0.1) is 17.5 Å². The van der Waals surface area contributed by atoms with Gasteiger partial charge in [-0.15, -0.1) is 11.3 Å². The number of carbonyl (C=O) groups excluding carboxylic acids is 5. The Labute approximate surface area is 286 Å². The number of hydrogen-bond acceptors (Lipinski definition) is 9. The molecule has 2 aromatic rings. The van der Waals surface area contributed by atoms with Gasteiger partial charge in [0.25, 0.3) is 11.8 Å². The number of ether oxygens (including phenoxy) is 1. The molecule has 48 heavy (non-hydrogen) atoms. The topological polar surface area (TPSA) is 179 Å². The highest BCUT2D eigenvalue weighted by atomic mass is 32.1. The number of thiazole rings is 1. The van der Waals surface area contributed by atoms with Crippen molar-refractivity contribution in [3.63, 3.8) is 0 Å². The molecular weight excluding hydrogens is 636 g/mol. The second-order valence-electron chi connectivity index (χ2n) is 12.5. The zero-order valence-corrected chi connectivity index (χ0v) is 29.2. The number of rotatable bonds is 6. The number of aliphatic hydroxyl groups is 1. The van der Waals surface area contributed by atoms with Crippen LogP contribution in [0.15, 0.2) is 29.6 Å². The third kappa shape index (κ3) is 12.9. The number of fused-ring (bicyclic) bond motifs is 2. The van der Waals surface area contributed by atoms with Crippen LogP contribution >= 0.6 is 11.3 Å². The molecule has 0 saturated heterocycles. The minimum atomic E-state index is -1.22. The van der Waals surface area contributed by atoms with E-state index in [0.29, 0.717) is 62.3 Å². The lowest BCUT2D eigenvalue weighted by Gasteiger charge is -2.26. The summed E-state index contributed by atoms with van der Waals surface area (Å²) in [5.74, 6) is -1.56. The fourth-order valence-corrected chi connectivity index (χ4v) is 6.07. The van der Waals surface area contributed by atoms with E-state index in [1.54, 1.807) is 34.5 Å². The van der Waals surface area contributed by atoms with Crippen molar-refractivity contribution < 1.29 is 33.8 Å². The van der Waals surface area contributed by atoms with Crippen LogP contribution in [0.4, 0.5) is 0 Å². The highest BCUT2D eigenvalue weighted by molar-refractivity contribution is 7.09. The molecule has 0 aliphatic carbocycles. The smallest absolute Gasteiger partial charge is 0.273 e. The summed E-state index contributed by atoms with van der Waals surface area (Å²) in [6.07, 6.45) is 2.45. The van der Waals surface area contributed by atoms with E-state index in [1.165, 1.54) is 18.3 Å². The molecule has 0 unspecified atom stereocenters. The van der Waals surface area contributed by atoms with Crippen LogP contribution in [-0.4, -0.2) is 95.5 Å². The summed E-state index contributed by atoms with van der Waals surface area (Å²) in [5, 5.41) is 24.0. The number of hydrogen-bond donors (Lipinski definition) is 5. The molecule has 3 rings (SSSR count). The number of aromatic nitrogens is 1. The molecule has 2 bridgehead atoms. The van der Waals surface area contributed by atoms with Gasteiger partial charge in [-0.2, -0.15) is 0 Å². The third-order valence-electron chi connectivity index (χ3n) is 7.66. The first-order valence-electron chi connectivity index (χ1n) is 16.7. The molecule has 0 fully saturated rings. The molecule has 13 nitrogen and oxygen atoms in total. The van der Waals surface area contributed by atoms with Crippen LogP contribution in [0.3, 0.4) is 0 Å². The van der Waals surface area contributed by atoms with E-state index in [0.717, 1.165) is 17.8 Å². The second kappa shape index (κ2) is 19.7. The van der Waals surface area contributed by atoms with Gasteiger partial charge in [0, 0.05) is 31.6 Å². The van der Waals surface area contributed by atoms with Crippen molar-refractivity contribution in [1.29, 1.82) is 0 Å². The normalized spacial score (nSPS) is 20.4. The molecule has 0 radical (unpaired) electrons. The van der Waals surface area contributed by atoms with E-state index >= 15 is 0 Å². The van der Waals surface area contributed by atoms with Gasteiger partial charge in [0.15, 0.2) is 6.61 Å². The number of nitrogens with one attached hydrogen (secondary N) is 4. The first kappa shape index (κ1) is 38.4. The molecule has 3 atom stereocenters. The number of carbonyl (C=O) groups is 5. The summed E-state index contributed by atoms with van der Waals surface area (Å²) in [4.78, 5) is 71.5. The Morgan fingerprint density at radius 3 is 2.50 bits per heavy atom. The lowest BCUT2D eigenvalue weighted by Crippen LogP contribution is -2.57. The minimum absolute atomic E-state index is 0.0401. The molecule has 1 aromatic heterocycles. The SMILES string of the molecule is CCCc1nc(C(=O)N2CCCCNC(=O)[C@H]([C@@H](C)O)NC(=O)[C@@H](CC(C)C)NC(=O)Cc3cccc(c3)OCC(=O)NCCC2)cs1. The van der Waals surface area contributed by atoms with Gasteiger partial charge in [-0.1, -0.05) is 32.9 Å². The fourth-order valence-electron chi connectivity index (χ4n) is 5.20. The third-order valence-corrected chi connectivity index (χ3v) is 8.57. The van der Waals surface area contributed by atoms with Crippen LogP contribution in [0, 0.1) is 5.92 Å². The Bertz CT molecular complexity index is 1380. The predicted octanol–water partition coefficient (Wildman–Crippen LogP) is 1.97. The minimum Gasteiger partial charge on any atom is -0.484 e. The fraction of sp³-hybridized carbons (Fsp3) is 0.588. The average Bonchev–Trinajstić information content (AvgIpc) is 3.50. The molecule has 14 heteroatoms. The van der Waals surface area contributed by atoms with Crippen LogP contribution in [0.2, 0.25) is 0 Å². The summed E-state index contributed by atoms with van der Waals surface area (Å²) in [6.45, 7) is 8.49. The Kier molecular flexibility index (Phi) is 15.8. The number of amides is 5. The van der Waals surface area contributed by atoms with Gasteiger partial charge in [-0.3, -0.25) is 24.0 Å². The highest BCUT2D eigenvalue weighted by Crippen LogP contribution is 2.16. The van der Waals surface area contributed by atoms with E-state index in [1.807, 2.05) is 13.8 Å². The molecule has 5 N–H and O–H groups in total. The maximum atomic E-state index is 13.4. The standard InChI is InChI=1S/C34H50N6O7S/c1-5-10-30-38-27(21-48-30)34(46)40-15-7-6-13-36-33(45)31(23(4)41)39-32(44)26(17-22(2)3)37-28(42)19-24-11-8-12-25(18-24)47-20-29(43)35-14-9-16-40/h8,11-12,18,21-23,26,31,41H,5-7,9-10,13-17,19-20H2,1-4H3,(H,35,43)(H,36,45)(H,37,42)(H,39,44)/t23-,26-,31+/m1/s1. The van der Waals surface area contributed by atoms with E-state index in [2.05, 4.69) is 33.2 Å². The van der Waals surface area contributed by atoms with E-state index < -0.39 is 35.9 Å². The Morgan fingerprint density at radius 1 is 1.02 bits per heavy atom. The van der Waals surface area contributed by atoms with E-state index in [9.17, 15) is 29.1 Å². The van der Waals surface area contributed by atoms with Crippen molar-refractivity contribution >= 4 is 40.9 Å². The lowest BCUT2D eigenvalue weighted by molar-refractivity contribution is -0.134. The van der Waals surface area contributed by atoms with Crippen molar-refractivity contribution in [2.45, 2.75) is 90.8 Å². The van der Waals surface area contributed by atoms with Crippen molar-refractivity contribution in [3.05, 3.63) is 45.9 Å². The van der Waals surface area contributed by atoms with Crippen molar-refractivity contribution in [2.24, 2.45) is 5.92 Å². The van der Waals surface area contributed by atoms with Crippen LogP contribution < -0.4 is 26.0 Å². The van der Waals surface area contributed by atoms with E-state index in [-0.39, 0.29) is 37.3 Å². The van der Waals surface area contributed by atoms with Crippen LogP contribution in [-0.2, 0) is 32.0 Å². The Balaban J connectivity index is 1.77. The Hall–Kier alpha value is -4.04. The van der Waals surface area contributed by atoms with Gasteiger partial charge in [0.1, 0.15) is 23.5 Å². The first-order chi connectivity index (χ1) is 23.0. The summed E-state index contributed by atoms with van der Waals surface area (Å²) in [7, 11) is 0. The van der Waals surface area contributed by atoms with Gasteiger partial charge in [-0.05, 0) is 69.1 Å². The molecule has 1 aliphatic heterocycles. The molecule has 1 aliphatic rings. The molecule has 0 saturated carbocycles. The van der Waals surface area contributed by atoms with Crippen LogP contribution in [0.1, 0.15) is 80.9 Å². The lowest BCUT2D eigenvalue weighted by atomic mass is 10.0. The van der Waals surface area contributed by atoms with Gasteiger partial charge < -0.3 is 36.0 Å². The maximum Gasteiger partial charge on any atom is 0.273 e. The number of aliphatic hydroxyl groups excluding tert-OH is 1. The number of aryl methyl sites for hydroxylation is 1. The summed E-state index contributed by atoms with van der Waals surface area (Å²) in [6, 6.07) is 4.64. The first-order valence-corrected chi connectivity index (χ1v) is 17.6. The summed E-state index contributed by atoms with van der Waals surface area (Å²) in [5.41, 5.74) is 1.02. The largest absolute Gasteiger partial charge is 0.484 e. The molecule has 0 spiro atoms. The van der Waals surface area contributed by atoms with Gasteiger partial charge in [-0.25, -0.2) is 4.98 Å². The Morgan fingerprint density at radius 2 is 1.77 bits per heavy atom. The van der Waals surface area contributed by atoms with Crippen molar-refractivity contribution in [3.8, 4) is 5.75 Å². The van der Waals surface area contributed by atoms with E-state index in [4.69, 9.17) is 4.74 Å². The monoisotopic (exact) mass is 686 g/mol. The van der Waals surface area contributed by atoms with Crippen LogP contribution in [0.25, 0.3) is 0 Å². The van der Waals surface area contributed by atoms with Crippen LogP contribution in [0.5, 0.6) is 5.75 Å².